The zero-order valence-electron chi connectivity index (χ0n) is 18.9. The lowest BCUT2D eigenvalue weighted by molar-refractivity contribution is 0.122. The van der Waals surface area contributed by atoms with Crippen LogP contribution in [0.5, 0.6) is 6.01 Å². The molecule has 4 aromatic rings. The number of nitrogens with zero attached hydrogens (tertiary/aromatic N) is 4. The van der Waals surface area contributed by atoms with Gasteiger partial charge in [-0.3, -0.25) is 0 Å². The lowest BCUT2D eigenvalue weighted by Crippen LogP contribution is -2.37. The average Bonchev–Trinajstić information content (AvgIpc) is 3.50. The Balaban J connectivity index is 1.35. The number of aromatic nitrogens is 2. The highest BCUT2D eigenvalue weighted by Crippen LogP contribution is 2.35. The summed E-state index contributed by atoms with van der Waals surface area (Å²) in [6.07, 6.45) is 1.81. The first-order valence-corrected chi connectivity index (χ1v) is 11.6. The van der Waals surface area contributed by atoms with Crippen molar-refractivity contribution in [1.29, 1.82) is 0 Å². The van der Waals surface area contributed by atoms with Gasteiger partial charge < -0.3 is 28.4 Å². The monoisotopic (exact) mass is 458 g/mol. The first-order valence-electron chi connectivity index (χ1n) is 11.6. The predicted octanol–water partition coefficient (Wildman–Crippen LogP) is 4.06. The molecule has 0 amide bonds. The van der Waals surface area contributed by atoms with Crippen LogP contribution in [0.4, 0.5) is 5.82 Å². The fourth-order valence-electron chi connectivity index (χ4n) is 4.51. The van der Waals surface area contributed by atoms with E-state index in [9.17, 15) is 0 Å². The van der Waals surface area contributed by atoms with E-state index < -0.39 is 0 Å². The Kier molecular flexibility index (Phi) is 5.43. The van der Waals surface area contributed by atoms with Gasteiger partial charge in [0.2, 0.25) is 0 Å². The Morgan fingerprint density at radius 2 is 1.85 bits per heavy atom. The maximum Gasteiger partial charge on any atom is 0.319 e. The van der Waals surface area contributed by atoms with E-state index in [0.717, 1.165) is 58.5 Å². The van der Waals surface area contributed by atoms with Gasteiger partial charge in [-0.25, -0.2) is 0 Å². The number of hydrogen-bond acceptors (Lipinski definition) is 8. The highest BCUT2D eigenvalue weighted by Gasteiger charge is 2.20. The quantitative estimate of drug-likeness (QED) is 0.428. The van der Waals surface area contributed by atoms with Crippen molar-refractivity contribution in [1.82, 2.24) is 14.9 Å². The number of furan rings is 1. The van der Waals surface area contributed by atoms with Crippen molar-refractivity contribution in [3.8, 4) is 17.1 Å². The molecule has 8 heteroatoms. The highest BCUT2D eigenvalue weighted by atomic mass is 16.5. The summed E-state index contributed by atoms with van der Waals surface area (Å²) in [6, 6.07) is 14.7. The molecule has 0 radical (unpaired) electrons. The lowest BCUT2D eigenvalue weighted by Gasteiger charge is -2.29. The zero-order valence-corrected chi connectivity index (χ0v) is 18.9. The summed E-state index contributed by atoms with van der Waals surface area (Å²) in [6.45, 7) is 9.43. The van der Waals surface area contributed by atoms with Crippen molar-refractivity contribution in [2.75, 3.05) is 57.5 Å². The molecule has 34 heavy (non-hydrogen) atoms. The van der Waals surface area contributed by atoms with Crippen molar-refractivity contribution in [3.63, 3.8) is 0 Å². The number of fused-ring (bicyclic) bond motifs is 2. The number of ether oxygens (including phenoxy) is 3. The van der Waals surface area contributed by atoms with E-state index in [2.05, 4.69) is 34.6 Å². The van der Waals surface area contributed by atoms with Crippen LogP contribution in [0.1, 0.15) is 0 Å². The molecule has 0 atom stereocenters. The molecular formula is C26H26N4O4. The Hall–Kier alpha value is -3.78. The second kappa shape index (κ2) is 8.87. The molecule has 0 aliphatic carbocycles. The molecule has 0 N–H and O–H groups in total. The van der Waals surface area contributed by atoms with Gasteiger partial charge in [0, 0.05) is 29.4 Å². The van der Waals surface area contributed by atoms with Gasteiger partial charge in [0.15, 0.2) is 5.88 Å². The highest BCUT2D eigenvalue weighted by molar-refractivity contribution is 5.99. The second-order valence-corrected chi connectivity index (χ2v) is 8.38. The minimum Gasteiger partial charge on any atom is -0.478 e. The molecule has 174 valence electrons. The van der Waals surface area contributed by atoms with Gasteiger partial charge in [0.25, 0.3) is 0 Å². The molecule has 6 rings (SSSR count). The number of para-hydroxylation sites is 1. The van der Waals surface area contributed by atoms with Crippen LogP contribution in [0.15, 0.2) is 65.6 Å². The molecule has 4 heterocycles. The second-order valence-electron chi connectivity index (χ2n) is 8.38. The van der Waals surface area contributed by atoms with Crippen LogP contribution in [0.2, 0.25) is 0 Å². The lowest BCUT2D eigenvalue weighted by atomic mass is 10.0. The Morgan fingerprint density at radius 3 is 2.71 bits per heavy atom. The Morgan fingerprint density at radius 1 is 0.971 bits per heavy atom. The number of hydrogen-bond donors (Lipinski definition) is 0. The van der Waals surface area contributed by atoms with E-state index in [1.807, 2.05) is 30.5 Å². The van der Waals surface area contributed by atoms with Crippen molar-refractivity contribution in [3.05, 3.63) is 61.2 Å². The van der Waals surface area contributed by atoms with Crippen LogP contribution in [0, 0.1) is 0 Å². The van der Waals surface area contributed by atoms with Crippen LogP contribution >= 0.6 is 0 Å². The van der Waals surface area contributed by atoms with Gasteiger partial charge in [0.05, 0.1) is 38.1 Å². The summed E-state index contributed by atoms with van der Waals surface area (Å²) < 4.78 is 22.7. The molecular weight excluding hydrogens is 432 g/mol. The summed E-state index contributed by atoms with van der Waals surface area (Å²) in [7, 11) is 0. The smallest absolute Gasteiger partial charge is 0.319 e. The number of anilines is 1. The molecule has 0 bridgehead atoms. The van der Waals surface area contributed by atoms with E-state index >= 15 is 0 Å². The molecule has 0 spiro atoms. The van der Waals surface area contributed by atoms with Gasteiger partial charge in [-0.2, -0.15) is 9.97 Å². The third-order valence-corrected chi connectivity index (χ3v) is 6.33. The van der Waals surface area contributed by atoms with E-state index in [0.29, 0.717) is 44.9 Å². The SMILES string of the molecule is C=C1OCCN1CCOc1nc(N2CCOCC2)c2cc(-c3coc4ccccc34)ccc2n1. The molecule has 8 nitrogen and oxygen atoms in total. The standard InChI is InChI=1S/C26H26N4O4/c1-18-29(10-14-32-18)11-15-33-26-27-23-7-6-19(22-17-34-24-5-3-2-4-20(22)24)16-21(23)25(28-26)30-8-12-31-13-9-30/h2-7,16-17H,1,8-15H2. The van der Waals surface area contributed by atoms with E-state index in [4.69, 9.17) is 28.6 Å². The zero-order chi connectivity index (χ0) is 22.9. The summed E-state index contributed by atoms with van der Waals surface area (Å²) in [5, 5.41) is 2.07. The van der Waals surface area contributed by atoms with Crippen LogP contribution < -0.4 is 9.64 Å². The van der Waals surface area contributed by atoms with Gasteiger partial charge in [0.1, 0.15) is 24.6 Å². The summed E-state index contributed by atoms with van der Waals surface area (Å²) in [5.74, 6) is 1.56. The number of rotatable bonds is 6. The maximum absolute atomic E-state index is 5.98. The Bertz CT molecular complexity index is 1350. The minimum absolute atomic E-state index is 0.376. The fourth-order valence-corrected chi connectivity index (χ4v) is 4.51. The van der Waals surface area contributed by atoms with Crippen LogP contribution in [0.3, 0.4) is 0 Å². The Labute approximate surface area is 197 Å². The molecule has 0 unspecified atom stereocenters. The van der Waals surface area contributed by atoms with E-state index in [-0.39, 0.29) is 0 Å². The van der Waals surface area contributed by atoms with Crippen LogP contribution in [-0.2, 0) is 9.47 Å². The molecule has 2 fully saturated rings. The van der Waals surface area contributed by atoms with Crippen molar-refractivity contribution in [2.45, 2.75) is 0 Å². The first kappa shape index (κ1) is 20.8. The first-order chi connectivity index (χ1) is 16.8. The van der Waals surface area contributed by atoms with Gasteiger partial charge in [-0.15, -0.1) is 0 Å². The molecule has 2 aliphatic heterocycles. The molecule has 2 aliphatic rings. The van der Waals surface area contributed by atoms with Gasteiger partial charge >= 0.3 is 6.01 Å². The summed E-state index contributed by atoms with van der Waals surface area (Å²) in [4.78, 5) is 13.9. The number of benzene rings is 2. The fraction of sp³-hybridized carbons (Fsp3) is 0.308. The van der Waals surface area contributed by atoms with Crippen molar-refractivity contribution >= 4 is 27.7 Å². The average molecular weight is 459 g/mol. The topological polar surface area (TPSA) is 73.1 Å². The van der Waals surface area contributed by atoms with E-state index in [1.54, 1.807) is 0 Å². The van der Waals surface area contributed by atoms with E-state index in [1.165, 1.54) is 0 Å². The molecule has 2 aromatic heterocycles. The largest absolute Gasteiger partial charge is 0.478 e. The maximum atomic E-state index is 5.98. The third-order valence-electron chi connectivity index (χ3n) is 6.33. The molecule has 0 saturated carbocycles. The van der Waals surface area contributed by atoms with Crippen molar-refractivity contribution < 1.29 is 18.6 Å². The molecule has 2 aromatic carbocycles. The number of morpholine rings is 1. The normalized spacial score (nSPS) is 16.4. The van der Waals surface area contributed by atoms with Crippen LogP contribution in [-0.4, -0.2) is 67.5 Å². The molecule has 2 saturated heterocycles. The van der Waals surface area contributed by atoms with Gasteiger partial charge in [-0.05, 0) is 30.3 Å². The summed E-state index contributed by atoms with van der Waals surface area (Å²) >= 11 is 0. The third kappa shape index (κ3) is 3.90. The van der Waals surface area contributed by atoms with Crippen LogP contribution in [0.25, 0.3) is 33.0 Å². The van der Waals surface area contributed by atoms with Crippen molar-refractivity contribution in [2.24, 2.45) is 0 Å². The predicted molar refractivity (Wildman–Crippen MR) is 130 cm³/mol. The van der Waals surface area contributed by atoms with Gasteiger partial charge in [-0.1, -0.05) is 24.3 Å². The minimum atomic E-state index is 0.376. The summed E-state index contributed by atoms with van der Waals surface area (Å²) in [5.41, 5.74) is 3.84.